The largest absolute Gasteiger partial charge is 0.393 e. The predicted molar refractivity (Wildman–Crippen MR) is 59.5 cm³/mol. The molecule has 1 aliphatic carbocycles. The minimum absolute atomic E-state index is 0.214. The van der Waals surface area contributed by atoms with E-state index in [9.17, 15) is 5.11 Å². The van der Waals surface area contributed by atoms with E-state index < -0.39 is 0 Å². The molecule has 3 heteroatoms. The lowest BCUT2D eigenvalue weighted by molar-refractivity contribution is 0.140. The Balaban J connectivity index is 1.81. The third-order valence-electron chi connectivity index (χ3n) is 3.42. The van der Waals surface area contributed by atoms with Crippen molar-refractivity contribution in [3.8, 4) is 0 Å². The van der Waals surface area contributed by atoms with Crippen molar-refractivity contribution < 1.29 is 5.11 Å². The van der Waals surface area contributed by atoms with Crippen molar-refractivity contribution in [2.24, 2.45) is 13.0 Å². The lowest BCUT2D eigenvalue weighted by Gasteiger charge is -2.14. The van der Waals surface area contributed by atoms with E-state index in [0.717, 1.165) is 18.2 Å². The van der Waals surface area contributed by atoms with Crippen LogP contribution in [-0.4, -0.2) is 20.8 Å². The van der Waals surface area contributed by atoms with E-state index >= 15 is 0 Å². The molecular weight excluding hydrogens is 188 g/mol. The van der Waals surface area contributed by atoms with Gasteiger partial charge in [-0.05, 0) is 12.3 Å². The zero-order valence-corrected chi connectivity index (χ0v) is 9.39. The summed E-state index contributed by atoms with van der Waals surface area (Å²) < 4.78 is 1.98. The molecule has 3 nitrogen and oxygen atoms in total. The third kappa shape index (κ3) is 2.81. The van der Waals surface area contributed by atoms with Gasteiger partial charge in [-0.25, -0.2) is 4.98 Å². The number of aliphatic hydroxyl groups excluding tert-OH is 1. The van der Waals surface area contributed by atoms with Gasteiger partial charge in [-0.3, -0.25) is 0 Å². The van der Waals surface area contributed by atoms with Crippen LogP contribution in [0.15, 0.2) is 12.4 Å². The molecule has 1 aromatic rings. The summed E-state index contributed by atoms with van der Waals surface area (Å²) in [6.45, 7) is 0. The Morgan fingerprint density at radius 2 is 2.27 bits per heavy atom. The fourth-order valence-corrected chi connectivity index (χ4v) is 2.52. The summed E-state index contributed by atoms with van der Waals surface area (Å²) in [5.41, 5.74) is 0. The van der Waals surface area contributed by atoms with Gasteiger partial charge in [-0.15, -0.1) is 0 Å². The lowest BCUT2D eigenvalue weighted by atomic mass is 9.98. The molecule has 1 fully saturated rings. The molecule has 1 heterocycles. The highest BCUT2D eigenvalue weighted by atomic mass is 16.3. The molecular formula is C12H20N2O. The second-order valence-electron chi connectivity index (χ2n) is 4.70. The number of nitrogens with zero attached hydrogens (tertiary/aromatic N) is 2. The molecule has 0 spiro atoms. The van der Waals surface area contributed by atoms with Crippen LogP contribution in [0.3, 0.4) is 0 Å². The molecule has 1 atom stereocenters. The molecule has 0 aliphatic heterocycles. The summed E-state index contributed by atoms with van der Waals surface area (Å²) in [5.74, 6) is 1.74. The maximum absolute atomic E-state index is 9.95. The average molecular weight is 208 g/mol. The molecule has 0 amide bonds. The molecule has 1 N–H and O–H groups in total. The lowest BCUT2D eigenvalue weighted by Crippen LogP contribution is -2.17. The maximum Gasteiger partial charge on any atom is 0.110 e. The number of rotatable bonds is 4. The van der Waals surface area contributed by atoms with Crippen LogP contribution in [0, 0.1) is 5.92 Å². The number of hydrogen-bond donors (Lipinski definition) is 1. The van der Waals surface area contributed by atoms with Crippen molar-refractivity contribution in [3.05, 3.63) is 18.2 Å². The first kappa shape index (κ1) is 10.7. The van der Waals surface area contributed by atoms with Gasteiger partial charge in [0.05, 0.1) is 6.10 Å². The van der Waals surface area contributed by atoms with Crippen LogP contribution in [-0.2, 0) is 13.5 Å². The highest BCUT2D eigenvalue weighted by molar-refractivity contribution is 4.93. The summed E-state index contributed by atoms with van der Waals surface area (Å²) in [6.07, 6.45) is 10.4. The van der Waals surface area contributed by atoms with Crippen molar-refractivity contribution >= 4 is 0 Å². The molecule has 1 unspecified atom stereocenters. The smallest absolute Gasteiger partial charge is 0.110 e. The minimum Gasteiger partial charge on any atom is -0.393 e. The molecule has 0 aromatic carbocycles. The number of hydrogen-bond acceptors (Lipinski definition) is 2. The van der Waals surface area contributed by atoms with E-state index in [1.807, 2.05) is 17.8 Å². The second kappa shape index (κ2) is 4.79. The van der Waals surface area contributed by atoms with Crippen molar-refractivity contribution in [1.82, 2.24) is 9.55 Å². The maximum atomic E-state index is 9.95. The van der Waals surface area contributed by atoms with Crippen LogP contribution < -0.4 is 0 Å². The molecule has 0 radical (unpaired) electrons. The number of imidazole rings is 1. The summed E-state index contributed by atoms with van der Waals surface area (Å²) in [5, 5.41) is 9.95. The Labute approximate surface area is 91.1 Å². The van der Waals surface area contributed by atoms with E-state index in [0.29, 0.717) is 6.42 Å². The van der Waals surface area contributed by atoms with Gasteiger partial charge in [0.25, 0.3) is 0 Å². The fourth-order valence-electron chi connectivity index (χ4n) is 2.52. The fraction of sp³-hybridized carbons (Fsp3) is 0.750. The molecule has 2 rings (SSSR count). The summed E-state index contributed by atoms with van der Waals surface area (Å²) in [7, 11) is 1.98. The Morgan fingerprint density at radius 1 is 1.53 bits per heavy atom. The summed E-state index contributed by atoms with van der Waals surface area (Å²) in [4.78, 5) is 4.23. The van der Waals surface area contributed by atoms with Gasteiger partial charge < -0.3 is 9.67 Å². The number of aliphatic hydroxyl groups is 1. The quantitative estimate of drug-likeness (QED) is 0.820. The first-order valence-electron chi connectivity index (χ1n) is 5.90. The van der Waals surface area contributed by atoms with Gasteiger partial charge in [0.1, 0.15) is 5.82 Å². The second-order valence-corrected chi connectivity index (χ2v) is 4.70. The minimum atomic E-state index is -0.214. The molecule has 1 aromatic heterocycles. The Kier molecular flexibility index (Phi) is 3.41. The summed E-state index contributed by atoms with van der Waals surface area (Å²) in [6, 6.07) is 0. The Bertz CT molecular complexity index is 302. The zero-order valence-electron chi connectivity index (χ0n) is 9.39. The van der Waals surface area contributed by atoms with Crippen molar-refractivity contribution in [1.29, 1.82) is 0 Å². The zero-order chi connectivity index (χ0) is 10.7. The van der Waals surface area contributed by atoms with E-state index in [1.54, 1.807) is 6.20 Å². The molecule has 0 saturated heterocycles. The van der Waals surface area contributed by atoms with Gasteiger partial charge in [0.2, 0.25) is 0 Å². The highest BCUT2D eigenvalue weighted by Crippen LogP contribution is 2.29. The molecule has 0 bridgehead atoms. The monoisotopic (exact) mass is 208 g/mol. The third-order valence-corrected chi connectivity index (χ3v) is 3.42. The Hall–Kier alpha value is -0.830. The van der Waals surface area contributed by atoms with Gasteiger partial charge in [-0.1, -0.05) is 25.7 Å². The van der Waals surface area contributed by atoms with Crippen LogP contribution >= 0.6 is 0 Å². The number of aromatic nitrogens is 2. The first-order chi connectivity index (χ1) is 7.25. The van der Waals surface area contributed by atoms with Crippen LogP contribution in [0.1, 0.15) is 37.9 Å². The van der Waals surface area contributed by atoms with E-state index in [2.05, 4.69) is 4.98 Å². The van der Waals surface area contributed by atoms with E-state index in [-0.39, 0.29) is 6.10 Å². The van der Waals surface area contributed by atoms with Crippen molar-refractivity contribution in [3.63, 3.8) is 0 Å². The number of aryl methyl sites for hydroxylation is 1. The van der Waals surface area contributed by atoms with Gasteiger partial charge in [-0.2, -0.15) is 0 Å². The van der Waals surface area contributed by atoms with Gasteiger partial charge >= 0.3 is 0 Å². The predicted octanol–water partition coefficient (Wildman–Crippen LogP) is 1.90. The van der Waals surface area contributed by atoms with Gasteiger partial charge in [0.15, 0.2) is 0 Å². The first-order valence-corrected chi connectivity index (χ1v) is 5.90. The van der Waals surface area contributed by atoms with Crippen molar-refractivity contribution in [2.75, 3.05) is 0 Å². The van der Waals surface area contributed by atoms with Crippen LogP contribution in [0.4, 0.5) is 0 Å². The summed E-state index contributed by atoms with van der Waals surface area (Å²) >= 11 is 0. The van der Waals surface area contributed by atoms with E-state index in [1.165, 1.54) is 25.7 Å². The van der Waals surface area contributed by atoms with Crippen molar-refractivity contribution in [2.45, 2.75) is 44.6 Å². The topological polar surface area (TPSA) is 38.0 Å². The van der Waals surface area contributed by atoms with Crippen LogP contribution in [0.5, 0.6) is 0 Å². The molecule has 1 saturated carbocycles. The molecule has 15 heavy (non-hydrogen) atoms. The van der Waals surface area contributed by atoms with Crippen LogP contribution in [0.25, 0.3) is 0 Å². The van der Waals surface area contributed by atoms with E-state index in [4.69, 9.17) is 0 Å². The standard InChI is InChI=1S/C12H20N2O/c1-14-7-6-13-12(14)9-11(15)8-10-4-2-3-5-10/h6-7,10-11,15H,2-5,8-9H2,1H3. The Morgan fingerprint density at radius 3 is 2.87 bits per heavy atom. The highest BCUT2D eigenvalue weighted by Gasteiger charge is 2.19. The van der Waals surface area contributed by atoms with Gasteiger partial charge in [0, 0.05) is 25.9 Å². The van der Waals surface area contributed by atoms with Crippen LogP contribution in [0.2, 0.25) is 0 Å². The molecule has 84 valence electrons. The average Bonchev–Trinajstić information content (AvgIpc) is 2.79. The normalized spacial score (nSPS) is 19.6. The SMILES string of the molecule is Cn1ccnc1CC(O)CC1CCCC1. The molecule has 1 aliphatic rings.